The van der Waals surface area contributed by atoms with Crippen molar-refractivity contribution in [1.82, 2.24) is 10.2 Å². The van der Waals surface area contributed by atoms with Crippen LogP contribution in [0.3, 0.4) is 0 Å². The van der Waals surface area contributed by atoms with E-state index in [0.717, 1.165) is 25.9 Å². The first kappa shape index (κ1) is 19.2. The number of nitrogens with one attached hydrogen (secondary N) is 1. The van der Waals surface area contributed by atoms with Crippen molar-refractivity contribution in [2.45, 2.75) is 39.8 Å². The van der Waals surface area contributed by atoms with Gasteiger partial charge < -0.3 is 10.2 Å². The number of piperidine rings is 1. The number of benzene rings is 1. The maximum absolute atomic E-state index is 14.4. The second-order valence-corrected chi connectivity index (χ2v) is 8.33. The maximum atomic E-state index is 14.4. The number of alkyl halides is 1. The van der Waals surface area contributed by atoms with Crippen molar-refractivity contribution in [3.05, 3.63) is 34.9 Å². The van der Waals surface area contributed by atoms with Gasteiger partial charge in [-0.15, -0.1) is 0 Å². The summed E-state index contributed by atoms with van der Waals surface area (Å²) in [5.41, 5.74) is 0.786. The SMILES string of the molecule is CC(C)(C)CCN1CCC(CNC(=O)c2cccc(Cl)c2)C(F)C1. The molecule has 2 atom stereocenters. The topological polar surface area (TPSA) is 32.3 Å². The summed E-state index contributed by atoms with van der Waals surface area (Å²) in [5, 5.41) is 3.37. The van der Waals surface area contributed by atoms with Gasteiger partial charge >= 0.3 is 0 Å². The van der Waals surface area contributed by atoms with Crippen LogP contribution in [0.25, 0.3) is 0 Å². The zero-order chi connectivity index (χ0) is 17.7. The summed E-state index contributed by atoms with van der Waals surface area (Å²) < 4.78 is 14.4. The molecule has 0 spiro atoms. The van der Waals surface area contributed by atoms with Crippen molar-refractivity contribution in [1.29, 1.82) is 0 Å². The van der Waals surface area contributed by atoms with Crippen molar-refractivity contribution in [3.63, 3.8) is 0 Å². The molecular weight excluding hydrogens is 327 g/mol. The molecule has 1 heterocycles. The van der Waals surface area contributed by atoms with Crippen molar-refractivity contribution in [2.75, 3.05) is 26.2 Å². The molecule has 1 N–H and O–H groups in total. The largest absolute Gasteiger partial charge is 0.352 e. The van der Waals surface area contributed by atoms with Crippen molar-refractivity contribution in [2.24, 2.45) is 11.3 Å². The summed E-state index contributed by atoms with van der Waals surface area (Å²) in [4.78, 5) is 14.3. The molecule has 1 aromatic rings. The lowest BCUT2D eigenvalue weighted by molar-refractivity contribution is 0.0724. The second-order valence-electron chi connectivity index (χ2n) is 7.90. The Hall–Kier alpha value is -1.13. The van der Waals surface area contributed by atoms with Gasteiger partial charge in [0.1, 0.15) is 6.17 Å². The first-order valence-electron chi connectivity index (χ1n) is 8.65. The molecule has 0 aliphatic carbocycles. The lowest BCUT2D eigenvalue weighted by Gasteiger charge is -2.36. The molecule has 1 amide bonds. The molecule has 5 heteroatoms. The van der Waals surface area contributed by atoms with Gasteiger partial charge in [0.15, 0.2) is 0 Å². The standard InChI is InChI=1S/C19H28ClFN2O/c1-19(2,3)8-10-23-9-7-15(17(21)13-23)12-22-18(24)14-5-4-6-16(20)11-14/h4-6,11,15,17H,7-10,12-13H2,1-3H3,(H,22,24). The van der Waals surface area contributed by atoms with Gasteiger partial charge in [0.25, 0.3) is 5.91 Å². The first-order valence-corrected chi connectivity index (χ1v) is 9.02. The summed E-state index contributed by atoms with van der Waals surface area (Å²) in [5.74, 6) is -0.307. The van der Waals surface area contributed by atoms with Crippen LogP contribution in [0.1, 0.15) is 44.0 Å². The van der Waals surface area contributed by atoms with E-state index in [9.17, 15) is 9.18 Å². The van der Waals surface area contributed by atoms with Crippen LogP contribution in [-0.4, -0.2) is 43.2 Å². The molecule has 0 aromatic heterocycles. The van der Waals surface area contributed by atoms with Gasteiger partial charge in [0.2, 0.25) is 0 Å². The first-order chi connectivity index (χ1) is 11.2. The molecular formula is C19H28ClFN2O. The predicted octanol–water partition coefficient (Wildman–Crippen LogP) is 4.17. The van der Waals surface area contributed by atoms with Gasteiger partial charge in [-0.3, -0.25) is 4.79 Å². The molecule has 1 aliphatic heterocycles. The van der Waals surface area contributed by atoms with Crippen LogP contribution < -0.4 is 5.32 Å². The zero-order valence-corrected chi connectivity index (χ0v) is 15.6. The van der Waals surface area contributed by atoms with Gasteiger partial charge in [-0.25, -0.2) is 4.39 Å². The number of carbonyl (C=O) groups excluding carboxylic acids is 1. The average molecular weight is 355 g/mol. The van der Waals surface area contributed by atoms with Crippen molar-refractivity contribution >= 4 is 17.5 Å². The Kier molecular flexibility index (Phi) is 6.64. The number of rotatable bonds is 5. The number of halogens is 2. The summed E-state index contributed by atoms with van der Waals surface area (Å²) in [6.07, 6.45) is 0.954. The number of amides is 1. The van der Waals surface area contributed by atoms with E-state index >= 15 is 0 Å². The quantitative estimate of drug-likeness (QED) is 0.860. The third-order valence-electron chi connectivity index (χ3n) is 4.55. The van der Waals surface area contributed by atoms with Crippen molar-refractivity contribution in [3.8, 4) is 0 Å². The van der Waals surface area contributed by atoms with E-state index in [2.05, 4.69) is 31.0 Å². The molecule has 134 valence electrons. The van der Waals surface area contributed by atoms with E-state index in [1.165, 1.54) is 0 Å². The van der Waals surface area contributed by atoms with Gasteiger partial charge in [0, 0.05) is 29.6 Å². The van der Waals surface area contributed by atoms with Crippen LogP contribution in [0.4, 0.5) is 4.39 Å². The van der Waals surface area contributed by atoms with E-state index in [1.54, 1.807) is 24.3 Å². The average Bonchev–Trinajstić information content (AvgIpc) is 2.51. The van der Waals surface area contributed by atoms with Crippen LogP contribution in [0.5, 0.6) is 0 Å². The summed E-state index contributed by atoms with van der Waals surface area (Å²) in [7, 11) is 0. The molecule has 0 saturated carbocycles. The minimum Gasteiger partial charge on any atom is -0.352 e. The van der Waals surface area contributed by atoms with Gasteiger partial charge in [-0.1, -0.05) is 38.4 Å². The molecule has 2 unspecified atom stereocenters. The molecule has 3 nitrogen and oxygen atoms in total. The van der Waals surface area contributed by atoms with E-state index in [0.29, 0.717) is 23.7 Å². The van der Waals surface area contributed by atoms with Crippen LogP contribution in [0.2, 0.25) is 5.02 Å². The highest BCUT2D eigenvalue weighted by Crippen LogP contribution is 2.24. The number of carbonyl (C=O) groups is 1. The normalized spacial score (nSPS) is 22.4. The number of hydrogen-bond acceptors (Lipinski definition) is 2. The molecule has 0 radical (unpaired) electrons. The lowest BCUT2D eigenvalue weighted by atomic mass is 9.90. The molecule has 2 rings (SSSR count). The highest BCUT2D eigenvalue weighted by molar-refractivity contribution is 6.30. The Labute approximate surface area is 149 Å². The van der Waals surface area contributed by atoms with E-state index in [-0.39, 0.29) is 17.2 Å². The third kappa shape index (κ3) is 6.06. The minimum atomic E-state index is -0.890. The molecule has 1 fully saturated rings. The molecule has 24 heavy (non-hydrogen) atoms. The van der Waals surface area contributed by atoms with Gasteiger partial charge in [-0.05, 0) is 49.5 Å². The van der Waals surface area contributed by atoms with Crippen LogP contribution >= 0.6 is 11.6 Å². The fourth-order valence-electron chi connectivity index (χ4n) is 2.90. The fourth-order valence-corrected chi connectivity index (χ4v) is 3.09. The third-order valence-corrected chi connectivity index (χ3v) is 4.78. The van der Waals surface area contributed by atoms with Crippen molar-refractivity contribution < 1.29 is 9.18 Å². The highest BCUT2D eigenvalue weighted by Gasteiger charge is 2.29. The molecule has 1 saturated heterocycles. The number of nitrogens with zero attached hydrogens (tertiary/aromatic N) is 1. The molecule has 1 aromatic carbocycles. The number of hydrogen-bond donors (Lipinski definition) is 1. The fraction of sp³-hybridized carbons (Fsp3) is 0.632. The van der Waals surface area contributed by atoms with E-state index in [4.69, 9.17) is 11.6 Å². The zero-order valence-electron chi connectivity index (χ0n) is 14.8. The summed E-state index contributed by atoms with van der Waals surface area (Å²) >= 11 is 5.89. The Morgan fingerprint density at radius 1 is 1.42 bits per heavy atom. The molecule has 1 aliphatic rings. The van der Waals surface area contributed by atoms with Gasteiger partial charge in [0.05, 0.1) is 0 Å². The van der Waals surface area contributed by atoms with E-state index in [1.807, 2.05) is 0 Å². The Morgan fingerprint density at radius 3 is 2.79 bits per heavy atom. The monoisotopic (exact) mass is 354 g/mol. The van der Waals surface area contributed by atoms with Crippen LogP contribution in [-0.2, 0) is 0 Å². The Balaban J connectivity index is 1.77. The van der Waals surface area contributed by atoms with Gasteiger partial charge in [-0.2, -0.15) is 0 Å². The van der Waals surface area contributed by atoms with Crippen LogP contribution in [0.15, 0.2) is 24.3 Å². The summed E-state index contributed by atoms with van der Waals surface area (Å²) in [6, 6.07) is 6.80. The summed E-state index contributed by atoms with van der Waals surface area (Å²) in [6.45, 7) is 9.29. The predicted molar refractivity (Wildman–Crippen MR) is 97.3 cm³/mol. The van der Waals surface area contributed by atoms with Crippen LogP contribution in [0, 0.1) is 11.3 Å². The second kappa shape index (κ2) is 8.30. The molecule has 0 bridgehead atoms. The van der Waals surface area contributed by atoms with E-state index < -0.39 is 6.17 Å². The minimum absolute atomic E-state index is 0.112. The smallest absolute Gasteiger partial charge is 0.251 e. The lowest BCUT2D eigenvalue weighted by Crippen LogP contribution is -2.46. The maximum Gasteiger partial charge on any atom is 0.251 e. The number of likely N-dealkylation sites (tertiary alicyclic amines) is 1. The highest BCUT2D eigenvalue weighted by atomic mass is 35.5. The Morgan fingerprint density at radius 2 is 2.17 bits per heavy atom. The Bertz CT molecular complexity index is 559.